The summed E-state index contributed by atoms with van der Waals surface area (Å²) in [5.74, 6) is 1.02. The van der Waals surface area contributed by atoms with Crippen molar-refractivity contribution >= 4 is 30.0 Å². The number of nitrogens with one attached hydrogen (secondary N) is 1. The Hall–Kier alpha value is -2.19. The first-order valence-corrected chi connectivity index (χ1v) is 8.15. The molecule has 0 aliphatic rings. The molecule has 0 bridgehead atoms. The number of hydrogen-bond donors (Lipinski definition) is 1. The Kier molecular flexibility index (Phi) is 6.51. The first-order valence-electron chi connectivity index (χ1n) is 7.37. The summed E-state index contributed by atoms with van der Waals surface area (Å²) in [5.41, 5.74) is 0.208. The van der Waals surface area contributed by atoms with Crippen LogP contribution in [-0.4, -0.2) is 34.3 Å². The van der Waals surface area contributed by atoms with Gasteiger partial charge in [-0.2, -0.15) is 14.9 Å². The second-order valence-corrected chi connectivity index (χ2v) is 5.48. The van der Waals surface area contributed by atoms with Gasteiger partial charge in [0, 0.05) is 0 Å². The summed E-state index contributed by atoms with van der Waals surface area (Å²) >= 11 is 11.3. The second-order valence-electron chi connectivity index (χ2n) is 4.68. The third-order valence-electron chi connectivity index (χ3n) is 2.84. The molecule has 1 N–H and O–H groups in total. The Balaban J connectivity index is 2.39. The summed E-state index contributed by atoms with van der Waals surface area (Å²) in [7, 11) is 0. The maximum absolute atomic E-state index is 11.7. The number of halogens is 1. The molecule has 0 fully saturated rings. The highest BCUT2D eigenvalue weighted by Crippen LogP contribution is 2.36. The summed E-state index contributed by atoms with van der Waals surface area (Å²) in [6.07, 6.45) is 3.41. The van der Waals surface area contributed by atoms with E-state index in [0.29, 0.717) is 35.3 Å². The van der Waals surface area contributed by atoms with Crippen molar-refractivity contribution < 1.29 is 9.47 Å². The van der Waals surface area contributed by atoms with Crippen LogP contribution in [0, 0.1) is 4.77 Å². The lowest BCUT2D eigenvalue weighted by Crippen LogP contribution is -2.18. The number of aromatic amines is 1. The van der Waals surface area contributed by atoms with Crippen molar-refractivity contribution in [3.63, 3.8) is 0 Å². The van der Waals surface area contributed by atoms with Crippen molar-refractivity contribution in [3.05, 3.63) is 44.0 Å². The Bertz CT molecular complexity index is 819. The van der Waals surface area contributed by atoms with Crippen LogP contribution in [0.15, 0.2) is 28.2 Å². The smallest absolute Gasteiger partial charge is 0.293 e. The van der Waals surface area contributed by atoms with Gasteiger partial charge < -0.3 is 9.47 Å². The minimum Gasteiger partial charge on any atom is -0.490 e. The van der Waals surface area contributed by atoms with Gasteiger partial charge in [0.15, 0.2) is 11.5 Å². The van der Waals surface area contributed by atoms with Crippen LogP contribution >= 0.6 is 23.8 Å². The standard InChI is InChI=1S/C15H17ClN4O3S/c1-3-5-23-14-11(16)6-10(7-12(14)22-4-2)8-18-20-13(21)9-17-19-15(20)24/h6-9H,3-5H2,1-2H3,(H,19,24)/b18-8-. The molecule has 0 amide bonds. The van der Waals surface area contributed by atoms with E-state index in [0.717, 1.165) is 17.3 Å². The van der Waals surface area contributed by atoms with Crippen LogP contribution in [0.5, 0.6) is 11.5 Å². The topological polar surface area (TPSA) is 81.5 Å². The molecule has 9 heteroatoms. The molecule has 0 saturated heterocycles. The van der Waals surface area contributed by atoms with E-state index in [9.17, 15) is 4.79 Å². The average molecular weight is 369 g/mol. The van der Waals surface area contributed by atoms with E-state index < -0.39 is 5.56 Å². The first-order chi connectivity index (χ1) is 11.6. The molecule has 0 unspecified atom stereocenters. The molecule has 0 aliphatic carbocycles. The summed E-state index contributed by atoms with van der Waals surface area (Å²) in [6.45, 7) is 4.88. The highest BCUT2D eigenvalue weighted by Gasteiger charge is 2.12. The molecule has 1 heterocycles. The van der Waals surface area contributed by atoms with Crippen molar-refractivity contribution in [2.75, 3.05) is 13.2 Å². The van der Waals surface area contributed by atoms with Crippen LogP contribution in [0.4, 0.5) is 0 Å². The van der Waals surface area contributed by atoms with Crippen molar-refractivity contribution in [2.45, 2.75) is 20.3 Å². The predicted octanol–water partition coefficient (Wildman–Crippen LogP) is 3.02. The molecule has 0 aliphatic heterocycles. The molecular formula is C15H17ClN4O3S. The minimum absolute atomic E-state index is 0.0952. The molecular weight excluding hydrogens is 352 g/mol. The van der Waals surface area contributed by atoms with Gasteiger partial charge in [0.05, 0.1) is 24.5 Å². The SMILES string of the molecule is CCCOc1c(Cl)cc(/C=N\n2c(=O)cn[nH]c2=S)cc1OCC. The zero-order valence-electron chi connectivity index (χ0n) is 13.3. The second kappa shape index (κ2) is 8.60. The van der Waals surface area contributed by atoms with Gasteiger partial charge in [-0.15, -0.1) is 0 Å². The van der Waals surface area contributed by atoms with Gasteiger partial charge >= 0.3 is 0 Å². The van der Waals surface area contributed by atoms with Crippen LogP contribution in [0.1, 0.15) is 25.8 Å². The summed E-state index contributed by atoms with van der Waals surface area (Å²) in [4.78, 5) is 11.7. The van der Waals surface area contributed by atoms with E-state index in [1.54, 1.807) is 12.1 Å². The summed E-state index contributed by atoms with van der Waals surface area (Å²) in [6, 6.07) is 3.42. The number of H-pyrrole nitrogens is 1. The maximum Gasteiger partial charge on any atom is 0.293 e. The Morgan fingerprint density at radius 2 is 2.21 bits per heavy atom. The number of nitrogens with zero attached hydrogens (tertiary/aromatic N) is 3. The Morgan fingerprint density at radius 3 is 2.88 bits per heavy atom. The highest BCUT2D eigenvalue weighted by molar-refractivity contribution is 7.71. The largest absolute Gasteiger partial charge is 0.490 e. The number of rotatable bonds is 7. The molecule has 2 rings (SSSR count). The lowest BCUT2D eigenvalue weighted by Gasteiger charge is -2.13. The van der Waals surface area contributed by atoms with Gasteiger partial charge in [-0.05, 0) is 43.3 Å². The number of ether oxygens (including phenoxy) is 2. The molecule has 128 valence electrons. The highest BCUT2D eigenvalue weighted by atomic mass is 35.5. The number of benzene rings is 1. The zero-order chi connectivity index (χ0) is 17.5. The van der Waals surface area contributed by atoms with Gasteiger partial charge in [0.1, 0.15) is 6.20 Å². The van der Waals surface area contributed by atoms with E-state index >= 15 is 0 Å². The molecule has 0 saturated carbocycles. The molecule has 7 nitrogen and oxygen atoms in total. The Labute approximate surface area is 148 Å². The summed E-state index contributed by atoms with van der Waals surface area (Å²) in [5, 5.41) is 10.6. The van der Waals surface area contributed by atoms with Crippen molar-refractivity contribution in [1.82, 2.24) is 14.9 Å². The van der Waals surface area contributed by atoms with Gasteiger partial charge in [-0.25, -0.2) is 0 Å². The lowest BCUT2D eigenvalue weighted by atomic mass is 10.2. The normalized spacial score (nSPS) is 11.0. The van der Waals surface area contributed by atoms with Crippen LogP contribution in [0.2, 0.25) is 5.02 Å². The average Bonchev–Trinajstić information content (AvgIpc) is 2.54. The minimum atomic E-state index is -0.436. The van der Waals surface area contributed by atoms with Crippen LogP contribution in [0.3, 0.4) is 0 Å². The van der Waals surface area contributed by atoms with Gasteiger partial charge in [-0.3, -0.25) is 9.89 Å². The van der Waals surface area contributed by atoms with Crippen LogP contribution < -0.4 is 15.0 Å². The zero-order valence-corrected chi connectivity index (χ0v) is 14.9. The fourth-order valence-electron chi connectivity index (χ4n) is 1.85. The maximum atomic E-state index is 11.7. The van der Waals surface area contributed by atoms with E-state index in [-0.39, 0.29) is 4.77 Å². The molecule has 24 heavy (non-hydrogen) atoms. The van der Waals surface area contributed by atoms with E-state index in [4.69, 9.17) is 33.3 Å². The Morgan fingerprint density at radius 1 is 1.42 bits per heavy atom. The van der Waals surface area contributed by atoms with Gasteiger partial charge in [-0.1, -0.05) is 18.5 Å². The molecule has 0 atom stereocenters. The van der Waals surface area contributed by atoms with E-state index in [1.807, 2.05) is 13.8 Å². The quantitative estimate of drug-likeness (QED) is 0.600. The van der Waals surface area contributed by atoms with Crippen molar-refractivity contribution in [2.24, 2.45) is 5.10 Å². The monoisotopic (exact) mass is 368 g/mol. The van der Waals surface area contributed by atoms with Crippen molar-refractivity contribution in [1.29, 1.82) is 0 Å². The van der Waals surface area contributed by atoms with E-state index in [2.05, 4.69) is 15.3 Å². The first kappa shape index (κ1) is 18.2. The van der Waals surface area contributed by atoms with Gasteiger partial charge in [0.25, 0.3) is 5.56 Å². The third-order valence-corrected chi connectivity index (χ3v) is 3.39. The number of aromatic nitrogens is 3. The molecule has 2 aromatic rings. The van der Waals surface area contributed by atoms with Gasteiger partial charge in [0.2, 0.25) is 4.77 Å². The molecule has 1 aromatic carbocycles. The number of hydrogen-bond acceptors (Lipinski definition) is 6. The summed E-state index contributed by atoms with van der Waals surface area (Å²) < 4.78 is 12.3. The van der Waals surface area contributed by atoms with Crippen LogP contribution in [0.25, 0.3) is 0 Å². The van der Waals surface area contributed by atoms with Crippen molar-refractivity contribution in [3.8, 4) is 11.5 Å². The fraction of sp³-hybridized carbons (Fsp3) is 0.333. The third kappa shape index (κ3) is 4.42. The predicted molar refractivity (Wildman–Crippen MR) is 95.1 cm³/mol. The fourth-order valence-corrected chi connectivity index (χ4v) is 2.31. The molecule has 1 aromatic heterocycles. The van der Waals surface area contributed by atoms with E-state index in [1.165, 1.54) is 6.21 Å². The molecule has 0 radical (unpaired) electrons. The lowest BCUT2D eigenvalue weighted by molar-refractivity contribution is 0.277. The molecule has 0 spiro atoms. The van der Waals surface area contributed by atoms with Crippen LogP contribution in [-0.2, 0) is 0 Å².